The predicted octanol–water partition coefficient (Wildman–Crippen LogP) is 3.88. The molecule has 1 atom stereocenters. The second kappa shape index (κ2) is 7.99. The highest BCUT2D eigenvalue weighted by atomic mass is 35.5. The number of nitrogens with two attached hydrogens (primary N) is 1. The number of hydrogen-bond donors (Lipinski definition) is 1. The summed E-state index contributed by atoms with van der Waals surface area (Å²) < 4.78 is 1.82. The smallest absolute Gasteiger partial charge is 0.257 e. The largest absolute Gasteiger partial charge is 0.338 e. The summed E-state index contributed by atoms with van der Waals surface area (Å²) >= 11 is 6.12. The van der Waals surface area contributed by atoms with Crippen LogP contribution in [0.1, 0.15) is 49.2 Å². The molecule has 1 unspecified atom stereocenters. The molecule has 0 spiro atoms. The Morgan fingerprint density at radius 2 is 2.15 bits per heavy atom. The maximum Gasteiger partial charge on any atom is 0.257 e. The zero-order chi connectivity index (χ0) is 18.2. The molecule has 1 amide bonds. The van der Waals surface area contributed by atoms with Crippen molar-refractivity contribution in [3.63, 3.8) is 0 Å². The fourth-order valence-electron chi connectivity index (χ4n) is 3.43. The Bertz CT molecular complexity index is 790. The SMILES string of the molecule is CC(C)c1c(C(=O)N2CCC(C)(CN)C2)cnn1-c1cccc(Cl)c1.Cl. The molecule has 7 heteroatoms. The van der Waals surface area contributed by atoms with Gasteiger partial charge in [-0.1, -0.05) is 38.4 Å². The van der Waals surface area contributed by atoms with E-state index in [4.69, 9.17) is 17.3 Å². The van der Waals surface area contributed by atoms with Gasteiger partial charge in [0.05, 0.1) is 23.1 Å². The van der Waals surface area contributed by atoms with E-state index in [9.17, 15) is 4.79 Å². The van der Waals surface area contributed by atoms with Crippen molar-refractivity contribution >= 4 is 29.9 Å². The summed E-state index contributed by atoms with van der Waals surface area (Å²) in [6.45, 7) is 8.31. The topological polar surface area (TPSA) is 64.2 Å². The minimum absolute atomic E-state index is 0. The van der Waals surface area contributed by atoms with Gasteiger partial charge in [0.1, 0.15) is 0 Å². The van der Waals surface area contributed by atoms with Crippen LogP contribution in [0, 0.1) is 5.41 Å². The van der Waals surface area contributed by atoms with Gasteiger partial charge in [-0.3, -0.25) is 4.79 Å². The number of rotatable bonds is 4. The molecule has 2 heterocycles. The monoisotopic (exact) mass is 396 g/mol. The lowest BCUT2D eigenvalue weighted by Crippen LogP contribution is -2.34. The summed E-state index contributed by atoms with van der Waals surface area (Å²) in [5.74, 6) is 0.193. The van der Waals surface area contributed by atoms with Gasteiger partial charge in [-0.15, -0.1) is 12.4 Å². The van der Waals surface area contributed by atoms with Crippen LogP contribution in [-0.4, -0.2) is 40.2 Å². The highest BCUT2D eigenvalue weighted by Crippen LogP contribution is 2.31. The normalized spacial score (nSPS) is 19.7. The number of hydrogen-bond acceptors (Lipinski definition) is 3. The molecule has 2 N–H and O–H groups in total. The fourth-order valence-corrected chi connectivity index (χ4v) is 3.61. The Morgan fingerprint density at radius 3 is 2.73 bits per heavy atom. The van der Waals surface area contributed by atoms with E-state index in [1.807, 2.05) is 33.8 Å². The summed E-state index contributed by atoms with van der Waals surface area (Å²) in [6.07, 6.45) is 2.62. The lowest BCUT2D eigenvalue weighted by molar-refractivity contribution is 0.0775. The first kappa shape index (κ1) is 20.7. The molecule has 1 aromatic carbocycles. The molecule has 1 aliphatic heterocycles. The molecule has 0 saturated carbocycles. The average Bonchev–Trinajstić information content (AvgIpc) is 3.19. The Kier molecular flexibility index (Phi) is 6.37. The van der Waals surface area contributed by atoms with E-state index in [0.29, 0.717) is 23.7 Å². The molecular formula is C19H26Cl2N4O. The molecular weight excluding hydrogens is 371 g/mol. The number of halogens is 2. The molecule has 26 heavy (non-hydrogen) atoms. The number of aromatic nitrogens is 2. The third-order valence-electron chi connectivity index (χ3n) is 4.97. The molecule has 0 radical (unpaired) electrons. The van der Waals surface area contributed by atoms with E-state index < -0.39 is 0 Å². The van der Waals surface area contributed by atoms with Gasteiger partial charge in [-0.05, 0) is 42.5 Å². The molecule has 1 aliphatic rings. The van der Waals surface area contributed by atoms with Crippen LogP contribution < -0.4 is 5.73 Å². The van der Waals surface area contributed by atoms with Crippen LogP contribution in [0.2, 0.25) is 5.02 Å². The molecule has 0 aliphatic carbocycles. The third kappa shape index (κ3) is 3.90. The second-order valence-corrected chi connectivity index (χ2v) is 7.92. The summed E-state index contributed by atoms with van der Waals surface area (Å²) in [7, 11) is 0. The summed E-state index contributed by atoms with van der Waals surface area (Å²) in [5, 5.41) is 5.13. The summed E-state index contributed by atoms with van der Waals surface area (Å²) in [5.41, 5.74) is 8.32. The zero-order valence-corrected chi connectivity index (χ0v) is 17.0. The Hall–Kier alpha value is -1.56. The van der Waals surface area contributed by atoms with Crippen molar-refractivity contribution in [2.24, 2.45) is 11.1 Å². The second-order valence-electron chi connectivity index (χ2n) is 7.48. The molecule has 2 aromatic rings. The number of carbonyl (C=O) groups is 1. The first-order valence-electron chi connectivity index (χ1n) is 8.68. The van der Waals surface area contributed by atoms with Crippen LogP contribution in [0.25, 0.3) is 5.69 Å². The van der Waals surface area contributed by atoms with Gasteiger partial charge in [0.25, 0.3) is 5.91 Å². The van der Waals surface area contributed by atoms with Crippen molar-refractivity contribution in [1.82, 2.24) is 14.7 Å². The van der Waals surface area contributed by atoms with Gasteiger partial charge in [0.15, 0.2) is 0 Å². The van der Waals surface area contributed by atoms with Crippen LogP contribution in [0.15, 0.2) is 30.5 Å². The predicted molar refractivity (Wildman–Crippen MR) is 108 cm³/mol. The molecule has 3 rings (SSSR count). The Labute approximate surface area is 165 Å². The first-order chi connectivity index (χ1) is 11.8. The van der Waals surface area contributed by atoms with Crippen molar-refractivity contribution in [1.29, 1.82) is 0 Å². The molecule has 1 aromatic heterocycles. The molecule has 1 fully saturated rings. The van der Waals surface area contributed by atoms with Crippen LogP contribution in [-0.2, 0) is 0 Å². The van der Waals surface area contributed by atoms with Crippen molar-refractivity contribution in [2.75, 3.05) is 19.6 Å². The minimum atomic E-state index is 0. The first-order valence-corrected chi connectivity index (χ1v) is 9.05. The van der Waals surface area contributed by atoms with Crippen LogP contribution in [0.4, 0.5) is 0 Å². The molecule has 142 valence electrons. The Balaban J connectivity index is 0.00000243. The van der Waals surface area contributed by atoms with Crippen molar-refractivity contribution < 1.29 is 4.79 Å². The lowest BCUT2D eigenvalue weighted by Gasteiger charge is -2.23. The van der Waals surface area contributed by atoms with E-state index in [2.05, 4.69) is 25.9 Å². The maximum atomic E-state index is 13.1. The summed E-state index contributed by atoms with van der Waals surface area (Å²) in [4.78, 5) is 15.0. The highest BCUT2D eigenvalue weighted by molar-refractivity contribution is 6.30. The average molecular weight is 397 g/mol. The van der Waals surface area contributed by atoms with Gasteiger partial charge in [-0.2, -0.15) is 5.10 Å². The molecule has 5 nitrogen and oxygen atoms in total. The van der Waals surface area contributed by atoms with E-state index in [-0.39, 0.29) is 29.6 Å². The number of benzene rings is 1. The standard InChI is InChI=1S/C19H25ClN4O.ClH/c1-13(2)17-16(18(25)23-8-7-19(3,11-21)12-23)10-22-24(17)15-6-4-5-14(20)9-15;/h4-6,9-10,13H,7-8,11-12,21H2,1-3H3;1H. The third-order valence-corrected chi connectivity index (χ3v) is 5.21. The van der Waals surface area contributed by atoms with Crippen molar-refractivity contribution in [2.45, 2.75) is 33.1 Å². The van der Waals surface area contributed by atoms with E-state index >= 15 is 0 Å². The van der Waals surface area contributed by atoms with E-state index in [1.54, 1.807) is 6.20 Å². The molecule has 1 saturated heterocycles. The number of likely N-dealkylation sites (tertiary alicyclic amines) is 1. The van der Waals surface area contributed by atoms with Gasteiger partial charge < -0.3 is 10.6 Å². The number of carbonyl (C=O) groups excluding carboxylic acids is 1. The van der Waals surface area contributed by atoms with E-state index in [1.165, 1.54) is 0 Å². The number of amides is 1. The van der Waals surface area contributed by atoms with Gasteiger partial charge in [-0.25, -0.2) is 4.68 Å². The van der Waals surface area contributed by atoms with Gasteiger partial charge in [0.2, 0.25) is 0 Å². The van der Waals surface area contributed by atoms with Gasteiger partial charge in [0, 0.05) is 18.1 Å². The molecule has 0 bridgehead atoms. The van der Waals surface area contributed by atoms with Gasteiger partial charge >= 0.3 is 0 Å². The zero-order valence-electron chi connectivity index (χ0n) is 15.4. The maximum absolute atomic E-state index is 13.1. The highest BCUT2D eigenvalue weighted by Gasteiger charge is 2.36. The minimum Gasteiger partial charge on any atom is -0.338 e. The quantitative estimate of drug-likeness (QED) is 0.852. The van der Waals surface area contributed by atoms with Crippen molar-refractivity contribution in [3.05, 3.63) is 46.7 Å². The van der Waals surface area contributed by atoms with E-state index in [0.717, 1.165) is 24.3 Å². The van der Waals surface area contributed by atoms with Crippen LogP contribution in [0.5, 0.6) is 0 Å². The van der Waals surface area contributed by atoms with Crippen LogP contribution in [0.3, 0.4) is 0 Å². The number of nitrogens with zero attached hydrogens (tertiary/aromatic N) is 3. The van der Waals surface area contributed by atoms with Crippen molar-refractivity contribution in [3.8, 4) is 5.69 Å². The Morgan fingerprint density at radius 1 is 1.42 bits per heavy atom. The summed E-state index contributed by atoms with van der Waals surface area (Å²) in [6, 6.07) is 7.52. The lowest BCUT2D eigenvalue weighted by atomic mass is 9.90. The van der Waals surface area contributed by atoms with Crippen LogP contribution >= 0.6 is 24.0 Å². The fraction of sp³-hybridized carbons (Fsp3) is 0.474.